The van der Waals surface area contributed by atoms with Crippen LogP contribution in [0.15, 0.2) is 41.8 Å². The third kappa shape index (κ3) is 4.89. The lowest BCUT2D eigenvalue weighted by molar-refractivity contribution is -0.255. The van der Waals surface area contributed by atoms with Crippen LogP contribution in [0.5, 0.6) is 5.75 Å². The van der Waals surface area contributed by atoms with Crippen molar-refractivity contribution in [2.24, 2.45) is 0 Å². The van der Waals surface area contributed by atoms with E-state index in [-0.39, 0.29) is 34.0 Å². The molecule has 1 heterocycles. The molecule has 0 aliphatic rings. The summed E-state index contributed by atoms with van der Waals surface area (Å²) in [5, 5.41) is 12.3. The van der Waals surface area contributed by atoms with Gasteiger partial charge in [-0.15, -0.1) is 11.3 Å². The highest BCUT2D eigenvalue weighted by Gasteiger charge is 2.31. The maximum Gasteiger partial charge on any atom is 0.416 e. The van der Waals surface area contributed by atoms with E-state index in [0.717, 1.165) is 35.6 Å². The van der Waals surface area contributed by atoms with E-state index in [1.54, 1.807) is 0 Å². The number of hydrogen-bond acceptors (Lipinski definition) is 5. The maximum absolute atomic E-state index is 13.8. The van der Waals surface area contributed by atoms with Crippen molar-refractivity contribution in [1.29, 1.82) is 0 Å². The minimum Gasteiger partial charge on any atom is -0.543 e. The van der Waals surface area contributed by atoms with E-state index in [4.69, 9.17) is 4.74 Å². The normalized spacial score (nSPS) is 11.5. The highest BCUT2D eigenvalue weighted by molar-refractivity contribution is 7.09. The van der Waals surface area contributed by atoms with Crippen LogP contribution in [-0.4, -0.2) is 11.0 Å². The first-order valence-corrected chi connectivity index (χ1v) is 8.94. The predicted octanol–water partition coefficient (Wildman–Crippen LogP) is 3.97. The van der Waals surface area contributed by atoms with Gasteiger partial charge in [0.2, 0.25) is 0 Å². The predicted molar refractivity (Wildman–Crippen MR) is 91.4 cm³/mol. The van der Waals surface area contributed by atoms with E-state index >= 15 is 0 Å². The topological polar surface area (TPSA) is 62.2 Å². The SMILES string of the molecule is O=C([O-])c1csc(Cc2cc(C(F)(F)F)ccc2OCc2cccc(F)c2F)n1. The number of thiazole rings is 1. The fraction of sp³-hybridized carbons (Fsp3) is 0.158. The first-order chi connectivity index (χ1) is 13.6. The molecule has 4 nitrogen and oxygen atoms in total. The van der Waals surface area contributed by atoms with E-state index in [2.05, 4.69) is 4.98 Å². The standard InChI is InChI=1S/C19H12F5NO3S/c20-13-3-1-2-10(17(13)21)8-28-15-5-4-12(19(22,23)24)6-11(15)7-16-25-14(9-29-16)18(26)27/h1-6,9H,7-8H2,(H,26,27)/p-1. The van der Waals surface area contributed by atoms with Crippen molar-refractivity contribution in [1.82, 2.24) is 4.98 Å². The molecule has 3 rings (SSSR count). The Morgan fingerprint density at radius 3 is 2.55 bits per heavy atom. The molecule has 0 fully saturated rings. The molecular weight excluding hydrogens is 417 g/mol. The van der Waals surface area contributed by atoms with Gasteiger partial charge in [0.1, 0.15) is 12.4 Å². The summed E-state index contributed by atoms with van der Waals surface area (Å²) in [6, 6.07) is 6.21. The van der Waals surface area contributed by atoms with Gasteiger partial charge in [-0.05, 0) is 24.3 Å². The zero-order valence-corrected chi connectivity index (χ0v) is 15.2. The summed E-state index contributed by atoms with van der Waals surface area (Å²) in [5.41, 5.74) is -1.31. The Bertz CT molecular complexity index is 1050. The third-order valence-corrected chi connectivity index (χ3v) is 4.75. The van der Waals surface area contributed by atoms with E-state index in [0.29, 0.717) is 0 Å². The molecule has 0 aliphatic carbocycles. The Hall–Kier alpha value is -3.01. The number of carboxylic acid groups (broad SMARTS) is 1. The van der Waals surface area contributed by atoms with Gasteiger partial charge >= 0.3 is 6.18 Å². The summed E-state index contributed by atoms with van der Waals surface area (Å²) in [6.45, 7) is -0.413. The molecule has 0 aliphatic heterocycles. The fourth-order valence-electron chi connectivity index (χ4n) is 2.50. The highest BCUT2D eigenvalue weighted by Crippen LogP contribution is 2.34. The number of carbonyl (C=O) groups is 1. The molecule has 0 N–H and O–H groups in total. The van der Waals surface area contributed by atoms with E-state index < -0.39 is 36.0 Å². The van der Waals surface area contributed by atoms with E-state index in [9.17, 15) is 31.9 Å². The van der Waals surface area contributed by atoms with Crippen molar-refractivity contribution in [3.05, 3.63) is 80.8 Å². The second-order valence-corrected chi connectivity index (χ2v) is 6.86. The zero-order chi connectivity index (χ0) is 21.2. The first-order valence-electron chi connectivity index (χ1n) is 8.06. The quantitative estimate of drug-likeness (QED) is 0.558. The molecule has 0 bridgehead atoms. The van der Waals surface area contributed by atoms with Crippen LogP contribution in [0.4, 0.5) is 22.0 Å². The second-order valence-electron chi connectivity index (χ2n) is 5.91. The van der Waals surface area contributed by atoms with Gasteiger partial charge in [0.05, 0.1) is 22.2 Å². The summed E-state index contributed by atoms with van der Waals surface area (Å²) in [6.07, 6.45) is -4.76. The summed E-state index contributed by atoms with van der Waals surface area (Å²) >= 11 is 0.935. The third-order valence-electron chi connectivity index (χ3n) is 3.91. The molecule has 2 aromatic carbocycles. The van der Waals surface area contributed by atoms with Gasteiger partial charge in [0, 0.05) is 22.9 Å². The van der Waals surface area contributed by atoms with Gasteiger partial charge in [-0.2, -0.15) is 13.2 Å². The number of hydrogen-bond donors (Lipinski definition) is 0. The van der Waals surface area contributed by atoms with Gasteiger partial charge in [0.25, 0.3) is 0 Å². The number of nitrogens with zero attached hydrogens (tertiary/aromatic N) is 1. The Labute approximate surface area is 165 Å². The summed E-state index contributed by atoms with van der Waals surface area (Å²) < 4.78 is 71.7. The van der Waals surface area contributed by atoms with Gasteiger partial charge in [-0.3, -0.25) is 0 Å². The van der Waals surface area contributed by atoms with Crippen LogP contribution in [0.25, 0.3) is 0 Å². The van der Waals surface area contributed by atoms with E-state index in [1.165, 1.54) is 17.5 Å². The average Bonchev–Trinajstić information content (AvgIpc) is 3.12. The Morgan fingerprint density at radius 2 is 1.90 bits per heavy atom. The van der Waals surface area contributed by atoms with Crippen molar-refractivity contribution >= 4 is 17.3 Å². The van der Waals surface area contributed by atoms with Crippen LogP contribution in [0.3, 0.4) is 0 Å². The molecule has 0 spiro atoms. The molecular formula is C19H11F5NO3S-. The molecule has 0 saturated heterocycles. The van der Waals surface area contributed by atoms with Crippen molar-refractivity contribution in [3.8, 4) is 5.75 Å². The number of carboxylic acids is 1. The first kappa shape index (κ1) is 20.7. The molecule has 0 amide bonds. The molecule has 3 aromatic rings. The minimum absolute atomic E-state index is 0.00635. The van der Waals surface area contributed by atoms with Crippen molar-refractivity contribution < 1.29 is 36.6 Å². The monoisotopic (exact) mass is 428 g/mol. The van der Waals surface area contributed by atoms with Crippen molar-refractivity contribution in [2.75, 3.05) is 0 Å². The van der Waals surface area contributed by atoms with Crippen LogP contribution < -0.4 is 9.84 Å². The number of alkyl halides is 3. The number of aromatic nitrogens is 1. The van der Waals surface area contributed by atoms with Gasteiger partial charge in [-0.25, -0.2) is 13.8 Å². The fourth-order valence-corrected chi connectivity index (χ4v) is 3.29. The molecule has 0 unspecified atom stereocenters. The van der Waals surface area contributed by atoms with E-state index in [1.807, 2.05) is 0 Å². The lowest BCUT2D eigenvalue weighted by Gasteiger charge is -2.14. The maximum atomic E-state index is 13.8. The van der Waals surface area contributed by atoms with Crippen LogP contribution in [0, 0.1) is 11.6 Å². The molecule has 152 valence electrons. The second kappa shape index (κ2) is 8.16. The van der Waals surface area contributed by atoms with Crippen LogP contribution >= 0.6 is 11.3 Å². The molecule has 29 heavy (non-hydrogen) atoms. The number of carbonyl (C=O) groups excluding carboxylic acids is 1. The van der Waals surface area contributed by atoms with Crippen LogP contribution in [-0.2, 0) is 19.2 Å². The van der Waals surface area contributed by atoms with Gasteiger partial charge in [0.15, 0.2) is 11.6 Å². The highest BCUT2D eigenvalue weighted by atomic mass is 32.1. The number of halogens is 5. The average molecular weight is 428 g/mol. The Kier molecular flexibility index (Phi) is 5.83. The van der Waals surface area contributed by atoms with Crippen molar-refractivity contribution in [3.63, 3.8) is 0 Å². The molecule has 0 saturated carbocycles. The number of rotatable bonds is 6. The lowest BCUT2D eigenvalue weighted by Crippen LogP contribution is -2.22. The molecule has 0 atom stereocenters. The van der Waals surface area contributed by atoms with Crippen LogP contribution in [0.1, 0.15) is 32.2 Å². The van der Waals surface area contributed by atoms with Gasteiger partial charge in [-0.1, -0.05) is 12.1 Å². The van der Waals surface area contributed by atoms with Crippen molar-refractivity contribution in [2.45, 2.75) is 19.2 Å². The summed E-state index contributed by atoms with van der Waals surface area (Å²) in [7, 11) is 0. The minimum atomic E-state index is -4.61. The Morgan fingerprint density at radius 1 is 1.14 bits per heavy atom. The molecule has 10 heteroatoms. The number of benzene rings is 2. The summed E-state index contributed by atoms with van der Waals surface area (Å²) in [5.74, 6) is -3.68. The molecule has 1 aromatic heterocycles. The number of aromatic carboxylic acids is 1. The van der Waals surface area contributed by atoms with Crippen LogP contribution in [0.2, 0.25) is 0 Å². The largest absolute Gasteiger partial charge is 0.543 e. The zero-order valence-electron chi connectivity index (χ0n) is 14.4. The molecule has 0 radical (unpaired) electrons. The lowest BCUT2D eigenvalue weighted by atomic mass is 10.1. The Balaban J connectivity index is 1.90. The summed E-state index contributed by atoms with van der Waals surface area (Å²) in [4.78, 5) is 14.6. The van der Waals surface area contributed by atoms with Gasteiger partial charge < -0.3 is 14.6 Å². The smallest absolute Gasteiger partial charge is 0.416 e. The number of ether oxygens (including phenoxy) is 1.